The van der Waals surface area contributed by atoms with E-state index in [4.69, 9.17) is 0 Å². The third-order valence-corrected chi connectivity index (χ3v) is 4.71. The number of benzene rings is 1. The van der Waals surface area contributed by atoms with Gasteiger partial charge in [-0.3, -0.25) is 19.4 Å². The average molecular weight is 340 g/mol. The van der Waals surface area contributed by atoms with Gasteiger partial charge in [-0.05, 0) is 31.5 Å². The molecule has 0 amide bonds. The highest BCUT2D eigenvalue weighted by Crippen LogP contribution is 2.20. The zero-order chi connectivity index (χ0) is 17.2. The summed E-state index contributed by atoms with van der Waals surface area (Å²) in [7, 11) is 0. The fourth-order valence-electron chi connectivity index (χ4n) is 3.32. The van der Waals surface area contributed by atoms with Gasteiger partial charge in [0.05, 0.1) is 29.6 Å². The molecular formula is C17H20N6O2. The SMILES string of the molecule is O=c1[nH]n(CCn2cc(C3CCCNC3)nn2)c(=O)c2ccccc12. The predicted molar refractivity (Wildman–Crippen MR) is 93.7 cm³/mol. The summed E-state index contributed by atoms with van der Waals surface area (Å²) in [6.07, 6.45) is 4.19. The van der Waals surface area contributed by atoms with Gasteiger partial charge in [0.1, 0.15) is 0 Å². The van der Waals surface area contributed by atoms with Crippen LogP contribution < -0.4 is 16.4 Å². The predicted octanol–water partition coefficient (Wildman–Crippen LogP) is 0.448. The van der Waals surface area contributed by atoms with Gasteiger partial charge in [-0.1, -0.05) is 17.3 Å². The molecule has 0 aliphatic carbocycles. The lowest BCUT2D eigenvalue weighted by atomic mass is 9.97. The van der Waals surface area contributed by atoms with E-state index in [1.807, 2.05) is 6.20 Å². The van der Waals surface area contributed by atoms with Crippen LogP contribution in [0.15, 0.2) is 40.1 Å². The molecule has 8 heteroatoms. The molecule has 8 nitrogen and oxygen atoms in total. The second-order valence-corrected chi connectivity index (χ2v) is 6.39. The molecule has 1 atom stereocenters. The lowest BCUT2D eigenvalue weighted by Gasteiger charge is -2.20. The summed E-state index contributed by atoms with van der Waals surface area (Å²) in [6.45, 7) is 2.80. The summed E-state index contributed by atoms with van der Waals surface area (Å²) in [5.41, 5.74) is 0.515. The molecule has 1 aromatic carbocycles. The monoisotopic (exact) mass is 340 g/mol. The number of H-pyrrole nitrogens is 1. The minimum Gasteiger partial charge on any atom is -0.316 e. The van der Waals surface area contributed by atoms with Crippen LogP contribution >= 0.6 is 0 Å². The van der Waals surface area contributed by atoms with Crippen LogP contribution in [0.4, 0.5) is 0 Å². The van der Waals surface area contributed by atoms with Crippen molar-refractivity contribution in [3.8, 4) is 0 Å². The zero-order valence-electron chi connectivity index (χ0n) is 13.8. The fourth-order valence-corrected chi connectivity index (χ4v) is 3.32. The molecule has 3 heterocycles. The standard InChI is InChI=1S/C17H20N6O2/c24-16-13-5-1-2-6-14(13)17(25)23(20-16)9-8-22-11-15(19-21-22)12-4-3-7-18-10-12/h1-2,5-6,11-12,18H,3-4,7-10H2,(H,20,24). The molecule has 2 N–H and O–H groups in total. The van der Waals surface area contributed by atoms with Crippen LogP contribution in [-0.4, -0.2) is 37.9 Å². The Morgan fingerprint density at radius 1 is 1.16 bits per heavy atom. The number of piperidine rings is 1. The van der Waals surface area contributed by atoms with Crippen LogP contribution in [0.3, 0.4) is 0 Å². The second kappa shape index (κ2) is 6.64. The molecule has 130 valence electrons. The van der Waals surface area contributed by atoms with Crippen molar-refractivity contribution >= 4 is 10.8 Å². The van der Waals surface area contributed by atoms with Crippen molar-refractivity contribution in [2.75, 3.05) is 13.1 Å². The van der Waals surface area contributed by atoms with E-state index in [0.717, 1.165) is 31.6 Å². The van der Waals surface area contributed by atoms with Crippen molar-refractivity contribution in [2.24, 2.45) is 0 Å². The minimum atomic E-state index is -0.261. The van der Waals surface area contributed by atoms with Gasteiger partial charge < -0.3 is 5.32 Å². The third-order valence-electron chi connectivity index (χ3n) is 4.71. The summed E-state index contributed by atoms with van der Waals surface area (Å²) in [5, 5.41) is 15.3. The van der Waals surface area contributed by atoms with Crippen molar-refractivity contribution < 1.29 is 0 Å². The number of aromatic nitrogens is 5. The normalized spacial score (nSPS) is 17.8. The van der Waals surface area contributed by atoms with Crippen LogP contribution in [0.25, 0.3) is 10.8 Å². The van der Waals surface area contributed by atoms with Gasteiger partial charge in [-0.15, -0.1) is 5.10 Å². The van der Waals surface area contributed by atoms with Gasteiger partial charge in [0.25, 0.3) is 11.1 Å². The van der Waals surface area contributed by atoms with Crippen molar-refractivity contribution in [3.63, 3.8) is 0 Å². The van der Waals surface area contributed by atoms with Crippen LogP contribution in [0.2, 0.25) is 0 Å². The van der Waals surface area contributed by atoms with Gasteiger partial charge in [0, 0.05) is 18.7 Å². The molecule has 2 aromatic heterocycles. The summed E-state index contributed by atoms with van der Waals surface area (Å²) >= 11 is 0. The maximum Gasteiger partial charge on any atom is 0.273 e. The molecule has 0 saturated carbocycles. The maximum atomic E-state index is 12.5. The molecule has 3 aromatic rings. The highest BCUT2D eigenvalue weighted by molar-refractivity contribution is 5.80. The van der Waals surface area contributed by atoms with E-state index in [1.165, 1.54) is 4.68 Å². The second-order valence-electron chi connectivity index (χ2n) is 6.39. The van der Waals surface area contributed by atoms with E-state index in [1.54, 1.807) is 28.9 Å². The van der Waals surface area contributed by atoms with E-state index in [-0.39, 0.29) is 11.1 Å². The van der Waals surface area contributed by atoms with E-state index in [9.17, 15) is 9.59 Å². The quantitative estimate of drug-likeness (QED) is 0.719. The number of hydrogen-bond acceptors (Lipinski definition) is 5. The molecule has 0 spiro atoms. The topological polar surface area (TPSA) is 97.6 Å². The smallest absolute Gasteiger partial charge is 0.273 e. The average Bonchev–Trinajstić information content (AvgIpc) is 3.13. The molecule has 1 aliphatic heterocycles. The number of aryl methyl sites for hydroxylation is 2. The maximum absolute atomic E-state index is 12.5. The van der Waals surface area contributed by atoms with Gasteiger partial charge in [0.2, 0.25) is 0 Å². The zero-order valence-corrected chi connectivity index (χ0v) is 13.8. The first-order valence-corrected chi connectivity index (χ1v) is 8.55. The summed E-state index contributed by atoms with van der Waals surface area (Å²) in [4.78, 5) is 24.6. The molecule has 1 fully saturated rings. The molecule has 1 unspecified atom stereocenters. The van der Waals surface area contributed by atoms with Crippen molar-refractivity contribution in [3.05, 3.63) is 56.9 Å². The van der Waals surface area contributed by atoms with Crippen molar-refractivity contribution in [1.29, 1.82) is 0 Å². The van der Waals surface area contributed by atoms with Crippen LogP contribution in [0.1, 0.15) is 24.5 Å². The van der Waals surface area contributed by atoms with Crippen molar-refractivity contribution in [2.45, 2.75) is 31.8 Å². The molecule has 0 radical (unpaired) electrons. The Hall–Kier alpha value is -2.74. The fraction of sp³-hybridized carbons (Fsp3) is 0.412. The molecule has 1 saturated heterocycles. The molecule has 0 bridgehead atoms. The lowest BCUT2D eigenvalue weighted by Crippen LogP contribution is -2.31. The van der Waals surface area contributed by atoms with Crippen LogP contribution in [0, 0.1) is 0 Å². The van der Waals surface area contributed by atoms with Gasteiger partial charge in [0.15, 0.2) is 0 Å². The van der Waals surface area contributed by atoms with E-state index >= 15 is 0 Å². The van der Waals surface area contributed by atoms with Crippen molar-refractivity contribution in [1.82, 2.24) is 30.1 Å². The summed E-state index contributed by atoms with van der Waals surface area (Å²) < 4.78 is 3.07. The first-order chi connectivity index (χ1) is 12.2. The Morgan fingerprint density at radius 3 is 2.80 bits per heavy atom. The highest BCUT2D eigenvalue weighted by Gasteiger charge is 2.18. The Labute approximate surface area is 143 Å². The number of rotatable bonds is 4. The number of aromatic amines is 1. The van der Waals surface area contributed by atoms with Gasteiger partial charge in [-0.25, -0.2) is 4.68 Å². The molecule has 25 heavy (non-hydrogen) atoms. The Kier molecular flexibility index (Phi) is 4.19. The Morgan fingerprint density at radius 2 is 2.00 bits per heavy atom. The first kappa shape index (κ1) is 15.8. The molecule has 1 aliphatic rings. The minimum absolute atomic E-state index is 0.202. The van der Waals surface area contributed by atoms with E-state index < -0.39 is 0 Å². The number of hydrogen-bond donors (Lipinski definition) is 2. The van der Waals surface area contributed by atoms with Gasteiger partial charge >= 0.3 is 0 Å². The number of nitrogens with zero attached hydrogens (tertiary/aromatic N) is 4. The van der Waals surface area contributed by atoms with Crippen LogP contribution in [0.5, 0.6) is 0 Å². The number of nitrogens with one attached hydrogen (secondary N) is 2. The summed E-state index contributed by atoms with van der Waals surface area (Å²) in [6, 6.07) is 6.84. The highest BCUT2D eigenvalue weighted by atomic mass is 16.2. The van der Waals surface area contributed by atoms with Gasteiger partial charge in [-0.2, -0.15) is 0 Å². The van der Waals surface area contributed by atoms with Crippen LogP contribution in [-0.2, 0) is 13.1 Å². The van der Waals surface area contributed by atoms with E-state index in [0.29, 0.717) is 29.8 Å². The van der Waals surface area contributed by atoms with E-state index in [2.05, 4.69) is 20.7 Å². The Balaban J connectivity index is 1.53. The number of fused-ring (bicyclic) bond motifs is 1. The first-order valence-electron chi connectivity index (χ1n) is 8.55. The third kappa shape index (κ3) is 3.12. The molecular weight excluding hydrogens is 320 g/mol. The summed E-state index contributed by atoms with van der Waals surface area (Å²) in [5.74, 6) is 0.394. The largest absolute Gasteiger partial charge is 0.316 e. The molecule has 4 rings (SSSR count). The lowest BCUT2D eigenvalue weighted by molar-refractivity contribution is 0.454. The Bertz CT molecular complexity index is 996.